The number of aromatic nitrogens is 3. The van der Waals surface area contributed by atoms with Gasteiger partial charge in [0.1, 0.15) is 5.82 Å². The zero-order chi connectivity index (χ0) is 17.5. The Morgan fingerprint density at radius 3 is 2.75 bits per heavy atom. The predicted molar refractivity (Wildman–Crippen MR) is 85.7 cm³/mol. The molecule has 1 saturated heterocycles. The van der Waals surface area contributed by atoms with Crippen LogP contribution in [0.25, 0.3) is 11.0 Å². The van der Waals surface area contributed by atoms with E-state index in [-0.39, 0.29) is 6.04 Å². The monoisotopic (exact) mass is 340 g/mol. The minimum atomic E-state index is -4.18. The maximum Gasteiger partial charge on any atom is 0.401 e. The van der Waals surface area contributed by atoms with Crippen LogP contribution in [0, 0.1) is 13.8 Å². The number of nitrogens with zero attached hydrogens (tertiary/aromatic N) is 4. The molecule has 0 amide bonds. The van der Waals surface area contributed by atoms with Crippen LogP contribution in [0.15, 0.2) is 6.07 Å². The molecule has 1 unspecified atom stereocenters. The summed E-state index contributed by atoms with van der Waals surface area (Å²) >= 11 is 0. The molecular formula is C15H19F3N6. The summed E-state index contributed by atoms with van der Waals surface area (Å²) in [6.07, 6.45) is -3.59. The van der Waals surface area contributed by atoms with E-state index >= 15 is 0 Å². The summed E-state index contributed by atoms with van der Waals surface area (Å²) < 4.78 is 37.4. The Morgan fingerprint density at radius 2 is 2.04 bits per heavy atom. The van der Waals surface area contributed by atoms with E-state index in [9.17, 15) is 13.2 Å². The highest BCUT2D eigenvalue weighted by Crippen LogP contribution is 2.24. The average molecular weight is 340 g/mol. The van der Waals surface area contributed by atoms with Gasteiger partial charge in [-0.1, -0.05) is 0 Å². The second-order valence-electron chi connectivity index (χ2n) is 6.19. The lowest BCUT2D eigenvalue weighted by Crippen LogP contribution is -2.34. The van der Waals surface area contributed by atoms with E-state index in [1.807, 2.05) is 19.9 Å². The molecular weight excluding hydrogens is 321 g/mol. The average Bonchev–Trinajstić information content (AvgIpc) is 2.81. The zero-order valence-electron chi connectivity index (χ0n) is 13.5. The smallest absolute Gasteiger partial charge is 0.383 e. The molecule has 6 nitrogen and oxygen atoms in total. The highest BCUT2D eigenvalue weighted by atomic mass is 19.4. The molecule has 0 aromatic carbocycles. The summed E-state index contributed by atoms with van der Waals surface area (Å²) in [5, 5.41) is 3.78. The number of alkyl halides is 3. The van der Waals surface area contributed by atoms with Crippen molar-refractivity contribution in [3.05, 3.63) is 17.3 Å². The maximum absolute atomic E-state index is 12.5. The third-order valence-corrected chi connectivity index (χ3v) is 4.03. The maximum atomic E-state index is 12.5. The highest BCUT2D eigenvalue weighted by Gasteiger charge is 2.34. The van der Waals surface area contributed by atoms with Crippen LogP contribution in [0.5, 0.6) is 0 Å². The van der Waals surface area contributed by atoms with E-state index in [0.717, 1.165) is 11.3 Å². The first-order valence-corrected chi connectivity index (χ1v) is 7.68. The number of fused-ring (bicyclic) bond motifs is 1. The number of hydrogen-bond donors (Lipinski definition) is 2. The van der Waals surface area contributed by atoms with E-state index in [2.05, 4.69) is 20.3 Å². The standard InChI is InChI=1S/C15H19F3N6/c1-8-5-9(2)20-13-11(8)12(19)22-14(23-13)21-10-3-4-24(6-10)7-15(16,17)18/h5,10H,3-4,6-7H2,1-2H3,(H3,19,20,21,22,23). The van der Waals surface area contributed by atoms with Gasteiger partial charge in [-0.25, -0.2) is 4.98 Å². The molecule has 0 spiro atoms. The molecule has 2 aromatic rings. The number of halogens is 3. The Kier molecular flexibility index (Phi) is 4.20. The largest absolute Gasteiger partial charge is 0.401 e. The van der Waals surface area contributed by atoms with Gasteiger partial charge in [-0.3, -0.25) is 4.90 Å². The number of rotatable bonds is 3. The van der Waals surface area contributed by atoms with Gasteiger partial charge in [0.05, 0.1) is 11.9 Å². The number of pyridine rings is 1. The van der Waals surface area contributed by atoms with Gasteiger partial charge in [0, 0.05) is 24.8 Å². The molecule has 0 aliphatic carbocycles. The first-order chi connectivity index (χ1) is 11.2. The molecule has 1 aliphatic heterocycles. The van der Waals surface area contributed by atoms with Crippen LogP contribution in [0.1, 0.15) is 17.7 Å². The Morgan fingerprint density at radius 1 is 1.29 bits per heavy atom. The van der Waals surface area contributed by atoms with Crippen molar-refractivity contribution < 1.29 is 13.2 Å². The molecule has 0 saturated carbocycles. The van der Waals surface area contributed by atoms with Crippen LogP contribution in [0.2, 0.25) is 0 Å². The van der Waals surface area contributed by atoms with Crippen LogP contribution in [0.4, 0.5) is 24.9 Å². The van der Waals surface area contributed by atoms with Crippen molar-refractivity contribution in [3.8, 4) is 0 Å². The van der Waals surface area contributed by atoms with Crippen LogP contribution < -0.4 is 11.1 Å². The van der Waals surface area contributed by atoms with Gasteiger partial charge >= 0.3 is 6.18 Å². The molecule has 3 N–H and O–H groups in total. The highest BCUT2D eigenvalue weighted by molar-refractivity contribution is 5.89. The van der Waals surface area contributed by atoms with Gasteiger partial charge in [0.2, 0.25) is 5.95 Å². The Balaban J connectivity index is 1.77. The van der Waals surface area contributed by atoms with Crippen LogP contribution in [-0.2, 0) is 0 Å². The lowest BCUT2D eigenvalue weighted by Gasteiger charge is -2.18. The minimum absolute atomic E-state index is 0.143. The van der Waals surface area contributed by atoms with Crippen molar-refractivity contribution in [2.24, 2.45) is 0 Å². The summed E-state index contributed by atoms with van der Waals surface area (Å²) in [5.41, 5.74) is 8.26. The summed E-state index contributed by atoms with van der Waals surface area (Å²) in [6, 6.07) is 1.76. The predicted octanol–water partition coefficient (Wildman–Crippen LogP) is 2.27. The summed E-state index contributed by atoms with van der Waals surface area (Å²) in [6.45, 7) is 3.56. The number of hydrogen-bond acceptors (Lipinski definition) is 6. The lowest BCUT2D eigenvalue weighted by atomic mass is 10.1. The van der Waals surface area contributed by atoms with Gasteiger partial charge in [0.15, 0.2) is 5.65 Å². The third-order valence-electron chi connectivity index (χ3n) is 4.03. The van der Waals surface area contributed by atoms with Crippen molar-refractivity contribution in [2.75, 3.05) is 30.7 Å². The molecule has 2 aromatic heterocycles. The number of aryl methyl sites for hydroxylation is 2. The lowest BCUT2D eigenvalue weighted by molar-refractivity contribution is -0.143. The van der Waals surface area contributed by atoms with Gasteiger partial charge in [-0.2, -0.15) is 23.1 Å². The van der Waals surface area contributed by atoms with E-state index in [0.29, 0.717) is 42.3 Å². The first kappa shape index (κ1) is 16.7. The van der Waals surface area contributed by atoms with Crippen molar-refractivity contribution in [1.29, 1.82) is 0 Å². The molecule has 0 bridgehead atoms. The quantitative estimate of drug-likeness (QED) is 0.892. The summed E-state index contributed by atoms with van der Waals surface area (Å²) in [7, 11) is 0. The van der Waals surface area contributed by atoms with Crippen molar-refractivity contribution in [2.45, 2.75) is 32.5 Å². The van der Waals surface area contributed by atoms with Gasteiger partial charge in [0.25, 0.3) is 0 Å². The minimum Gasteiger partial charge on any atom is -0.383 e. The molecule has 1 fully saturated rings. The van der Waals surface area contributed by atoms with Crippen LogP contribution in [0.3, 0.4) is 0 Å². The SMILES string of the molecule is Cc1cc(C)c2c(N)nc(NC3CCN(CC(F)(F)F)C3)nc2n1. The third kappa shape index (κ3) is 3.66. The van der Waals surface area contributed by atoms with E-state index < -0.39 is 12.7 Å². The second-order valence-corrected chi connectivity index (χ2v) is 6.19. The van der Waals surface area contributed by atoms with E-state index in [1.165, 1.54) is 4.90 Å². The number of anilines is 2. The Labute approximate surface area is 137 Å². The number of nitrogen functional groups attached to an aromatic ring is 1. The van der Waals surface area contributed by atoms with Crippen LogP contribution in [-0.4, -0.2) is 51.7 Å². The van der Waals surface area contributed by atoms with Gasteiger partial charge < -0.3 is 11.1 Å². The summed E-state index contributed by atoms with van der Waals surface area (Å²) in [4.78, 5) is 14.3. The van der Waals surface area contributed by atoms with Gasteiger partial charge in [-0.15, -0.1) is 0 Å². The zero-order valence-corrected chi connectivity index (χ0v) is 13.5. The number of likely N-dealkylation sites (tertiary alicyclic amines) is 1. The fourth-order valence-corrected chi connectivity index (χ4v) is 3.10. The topological polar surface area (TPSA) is 80.0 Å². The van der Waals surface area contributed by atoms with E-state index in [4.69, 9.17) is 5.73 Å². The number of nitrogens with two attached hydrogens (primary N) is 1. The molecule has 24 heavy (non-hydrogen) atoms. The molecule has 1 atom stereocenters. The molecule has 3 heterocycles. The van der Waals surface area contributed by atoms with Gasteiger partial charge in [-0.05, 0) is 31.9 Å². The molecule has 130 valence electrons. The van der Waals surface area contributed by atoms with Crippen LogP contribution >= 0.6 is 0 Å². The molecule has 9 heteroatoms. The first-order valence-electron chi connectivity index (χ1n) is 7.68. The van der Waals surface area contributed by atoms with Crippen molar-refractivity contribution in [3.63, 3.8) is 0 Å². The summed E-state index contributed by atoms with van der Waals surface area (Å²) in [5.74, 6) is 0.619. The van der Waals surface area contributed by atoms with Crippen molar-refractivity contribution >= 4 is 22.8 Å². The molecule has 0 radical (unpaired) electrons. The van der Waals surface area contributed by atoms with E-state index in [1.54, 1.807) is 0 Å². The molecule has 3 rings (SSSR count). The number of nitrogens with one attached hydrogen (secondary N) is 1. The molecule has 1 aliphatic rings. The second kappa shape index (κ2) is 6.04. The normalized spacial score (nSPS) is 19.1. The fraction of sp³-hybridized carbons (Fsp3) is 0.533. The fourth-order valence-electron chi connectivity index (χ4n) is 3.10. The Bertz CT molecular complexity index is 761. The Hall–Kier alpha value is -2.16. The van der Waals surface area contributed by atoms with Crippen molar-refractivity contribution in [1.82, 2.24) is 19.9 Å².